The van der Waals surface area contributed by atoms with Gasteiger partial charge in [-0.2, -0.15) is 5.10 Å². The Morgan fingerprint density at radius 3 is 2.71 bits per heavy atom. The maximum Gasteiger partial charge on any atom is 0.141 e. The highest BCUT2D eigenvalue weighted by Crippen LogP contribution is 2.30. The smallest absolute Gasteiger partial charge is 0.141 e. The standard InChI is InChI=1S/C16H29N5/c1-13(2)9-21-16(18-12-19-21)11-20(15-3-4-15)10-14-5-7-17-8-6-14/h12-15,17H,3-11H2,1-2H3. The fourth-order valence-electron chi connectivity index (χ4n) is 3.27. The third kappa shape index (κ3) is 4.27. The van der Waals surface area contributed by atoms with Gasteiger partial charge >= 0.3 is 0 Å². The van der Waals surface area contributed by atoms with E-state index < -0.39 is 0 Å². The zero-order valence-electron chi connectivity index (χ0n) is 13.5. The molecule has 0 spiro atoms. The number of hydrogen-bond acceptors (Lipinski definition) is 4. The molecule has 0 unspecified atom stereocenters. The van der Waals surface area contributed by atoms with E-state index in [4.69, 9.17) is 0 Å². The van der Waals surface area contributed by atoms with E-state index in [-0.39, 0.29) is 0 Å². The van der Waals surface area contributed by atoms with Crippen LogP contribution in [0.1, 0.15) is 45.4 Å². The maximum absolute atomic E-state index is 4.51. The Morgan fingerprint density at radius 1 is 1.29 bits per heavy atom. The first-order valence-electron chi connectivity index (χ1n) is 8.54. The first kappa shape index (κ1) is 15.0. The van der Waals surface area contributed by atoms with Crippen LogP contribution in [0.25, 0.3) is 0 Å². The van der Waals surface area contributed by atoms with Crippen molar-refractivity contribution < 1.29 is 0 Å². The molecule has 1 aromatic rings. The average molecular weight is 291 g/mol. The van der Waals surface area contributed by atoms with E-state index >= 15 is 0 Å². The topological polar surface area (TPSA) is 46.0 Å². The van der Waals surface area contributed by atoms with E-state index in [1.807, 2.05) is 0 Å². The molecule has 1 saturated carbocycles. The number of aromatic nitrogens is 3. The molecule has 2 aliphatic rings. The SMILES string of the molecule is CC(C)Cn1ncnc1CN(CC1CCNCC1)C1CC1. The Hall–Kier alpha value is -0.940. The molecule has 0 aromatic carbocycles. The normalized spacial score (nSPS) is 20.6. The van der Waals surface area contributed by atoms with E-state index in [9.17, 15) is 0 Å². The van der Waals surface area contributed by atoms with Gasteiger partial charge in [-0.3, -0.25) is 4.90 Å². The van der Waals surface area contributed by atoms with Gasteiger partial charge in [-0.25, -0.2) is 9.67 Å². The maximum atomic E-state index is 4.51. The Labute approximate surface area is 128 Å². The molecule has 5 nitrogen and oxygen atoms in total. The summed E-state index contributed by atoms with van der Waals surface area (Å²) < 4.78 is 2.10. The van der Waals surface area contributed by atoms with Crippen molar-refractivity contribution in [2.45, 2.75) is 58.7 Å². The average Bonchev–Trinajstić information content (AvgIpc) is 3.23. The largest absolute Gasteiger partial charge is 0.317 e. The Kier molecular flexibility index (Phi) is 4.91. The summed E-state index contributed by atoms with van der Waals surface area (Å²) in [7, 11) is 0. The summed E-state index contributed by atoms with van der Waals surface area (Å²) >= 11 is 0. The number of rotatable bonds is 7. The lowest BCUT2D eigenvalue weighted by molar-refractivity contribution is 0.183. The number of hydrogen-bond donors (Lipinski definition) is 1. The minimum Gasteiger partial charge on any atom is -0.317 e. The van der Waals surface area contributed by atoms with Gasteiger partial charge in [0, 0.05) is 19.1 Å². The molecule has 1 aliphatic heterocycles. The molecule has 2 fully saturated rings. The number of piperidine rings is 1. The molecule has 0 amide bonds. The Morgan fingerprint density at radius 2 is 2.05 bits per heavy atom. The van der Waals surface area contributed by atoms with Crippen LogP contribution < -0.4 is 5.32 Å². The molecule has 1 aliphatic carbocycles. The lowest BCUT2D eigenvalue weighted by Crippen LogP contribution is -2.37. The van der Waals surface area contributed by atoms with Gasteiger partial charge in [0.1, 0.15) is 12.2 Å². The molecule has 1 saturated heterocycles. The van der Waals surface area contributed by atoms with Gasteiger partial charge in [0.25, 0.3) is 0 Å². The summed E-state index contributed by atoms with van der Waals surface area (Å²) in [6, 6.07) is 0.795. The monoisotopic (exact) mass is 291 g/mol. The molecule has 1 N–H and O–H groups in total. The second-order valence-corrected chi connectivity index (χ2v) is 7.11. The molecule has 21 heavy (non-hydrogen) atoms. The van der Waals surface area contributed by atoms with Crippen LogP contribution >= 0.6 is 0 Å². The Balaban J connectivity index is 1.61. The van der Waals surface area contributed by atoms with Crippen molar-refractivity contribution in [3.63, 3.8) is 0 Å². The second-order valence-electron chi connectivity index (χ2n) is 7.11. The van der Waals surface area contributed by atoms with Gasteiger partial charge in [-0.1, -0.05) is 13.8 Å². The lowest BCUT2D eigenvalue weighted by Gasteiger charge is -2.30. The van der Waals surface area contributed by atoms with Crippen molar-refractivity contribution in [2.75, 3.05) is 19.6 Å². The molecule has 0 radical (unpaired) electrons. The predicted molar refractivity (Wildman–Crippen MR) is 83.9 cm³/mol. The van der Waals surface area contributed by atoms with Crippen LogP contribution in [0.15, 0.2) is 6.33 Å². The predicted octanol–water partition coefficient (Wildman–Crippen LogP) is 1.90. The molecule has 5 heteroatoms. The van der Waals surface area contributed by atoms with Gasteiger partial charge in [0.2, 0.25) is 0 Å². The summed E-state index contributed by atoms with van der Waals surface area (Å²) in [5.41, 5.74) is 0. The summed E-state index contributed by atoms with van der Waals surface area (Å²) in [5.74, 6) is 2.61. The molecular formula is C16H29N5. The molecule has 118 valence electrons. The van der Waals surface area contributed by atoms with Crippen LogP contribution in [0.2, 0.25) is 0 Å². The molecule has 2 heterocycles. The van der Waals surface area contributed by atoms with Gasteiger partial charge in [-0.05, 0) is 50.6 Å². The van der Waals surface area contributed by atoms with Crippen molar-refractivity contribution >= 4 is 0 Å². The van der Waals surface area contributed by atoms with Crippen LogP contribution in [0.4, 0.5) is 0 Å². The molecule has 0 bridgehead atoms. The first-order chi connectivity index (χ1) is 10.2. The van der Waals surface area contributed by atoms with Crippen molar-refractivity contribution in [1.82, 2.24) is 25.0 Å². The van der Waals surface area contributed by atoms with Gasteiger partial charge in [0.05, 0.1) is 6.54 Å². The van der Waals surface area contributed by atoms with Crippen LogP contribution in [0.3, 0.4) is 0 Å². The van der Waals surface area contributed by atoms with Crippen LogP contribution in [-0.2, 0) is 13.1 Å². The first-order valence-corrected chi connectivity index (χ1v) is 8.54. The van der Waals surface area contributed by atoms with Crippen molar-refractivity contribution in [3.8, 4) is 0 Å². The van der Waals surface area contributed by atoms with Gasteiger partial charge in [0.15, 0.2) is 0 Å². The fraction of sp³-hybridized carbons (Fsp3) is 0.875. The molecule has 1 aromatic heterocycles. The second kappa shape index (κ2) is 6.88. The minimum atomic E-state index is 0.615. The van der Waals surface area contributed by atoms with Crippen LogP contribution in [-0.4, -0.2) is 45.3 Å². The molecule has 3 rings (SSSR count). The van der Waals surface area contributed by atoms with E-state index in [0.717, 1.165) is 30.9 Å². The molecule has 0 atom stereocenters. The Bertz CT molecular complexity index is 432. The highest BCUT2D eigenvalue weighted by atomic mass is 15.4. The van der Waals surface area contributed by atoms with Crippen molar-refractivity contribution in [3.05, 3.63) is 12.2 Å². The molecular weight excluding hydrogens is 262 g/mol. The van der Waals surface area contributed by atoms with Crippen LogP contribution in [0, 0.1) is 11.8 Å². The minimum absolute atomic E-state index is 0.615. The van der Waals surface area contributed by atoms with Crippen molar-refractivity contribution in [1.29, 1.82) is 0 Å². The van der Waals surface area contributed by atoms with Gasteiger partial charge in [-0.15, -0.1) is 0 Å². The van der Waals surface area contributed by atoms with Crippen molar-refractivity contribution in [2.24, 2.45) is 11.8 Å². The third-order valence-electron chi connectivity index (χ3n) is 4.59. The highest BCUT2D eigenvalue weighted by molar-refractivity contribution is 4.92. The number of nitrogens with one attached hydrogen (secondary N) is 1. The highest BCUT2D eigenvalue weighted by Gasteiger charge is 2.31. The quantitative estimate of drug-likeness (QED) is 0.833. The van der Waals surface area contributed by atoms with E-state index in [1.54, 1.807) is 6.33 Å². The summed E-state index contributed by atoms with van der Waals surface area (Å²) in [6.07, 6.45) is 7.09. The summed E-state index contributed by atoms with van der Waals surface area (Å²) in [6.45, 7) is 10.0. The van der Waals surface area contributed by atoms with E-state index in [2.05, 4.69) is 38.8 Å². The van der Waals surface area contributed by atoms with Crippen LogP contribution in [0.5, 0.6) is 0 Å². The zero-order chi connectivity index (χ0) is 14.7. The lowest BCUT2D eigenvalue weighted by atomic mass is 9.97. The number of nitrogens with zero attached hydrogens (tertiary/aromatic N) is 4. The zero-order valence-corrected chi connectivity index (χ0v) is 13.5. The van der Waals surface area contributed by atoms with E-state index in [1.165, 1.54) is 45.3 Å². The third-order valence-corrected chi connectivity index (χ3v) is 4.59. The van der Waals surface area contributed by atoms with E-state index in [0.29, 0.717) is 5.92 Å². The summed E-state index contributed by atoms with van der Waals surface area (Å²) in [4.78, 5) is 7.17. The summed E-state index contributed by atoms with van der Waals surface area (Å²) in [5, 5.41) is 7.87. The fourth-order valence-corrected chi connectivity index (χ4v) is 3.27. The van der Waals surface area contributed by atoms with Gasteiger partial charge < -0.3 is 5.32 Å².